The third-order valence-corrected chi connectivity index (χ3v) is 6.36. The molecule has 7 nitrogen and oxygen atoms in total. The molecule has 3 aromatic carbocycles. The molecule has 3 aromatic rings. The monoisotopic (exact) mass is 543 g/mol. The fourth-order valence-electron chi connectivity index (χ4n) is 4.00. The van der Waals surface area contributed by atoms with E-state index in [2.05, 4.69) is 0 Å². The van der Waals surface area contributed by atoms with Gasteiger partial charge in [-0.05, 0) is 74.7 Å². The lowest BCUT2D eigenvalue weighted by Crippen LogP contribution is -2.35. The number of carboxylic acid groups (broad SMARTS) is 1. The number of nitrogens with zero attached hydrogens (tertiary/aromatic N) is 1. The molecule has 1 atom stereocenters. The van der Waals surface area contributed by atoms with Gasteiger partial charge in [0.2, 0.25) is 0 Å². The standard InChI is InChI=1S/C28H27Cl2NO6/c1-17(2)37-31(13-11-18-3-7-20(29)8-4-18)27(32)19-5-9-21(10-6-19)36-26-16-25-23(15-24(26)30)22(28(33)34)12-14-35-25/h3-10,15-17,22H,11-14H2,1-2H3,(H,33,34). The molecule has 1 unspecified atom stereocenters. The molecule has 1 aliphatic heterocycles. The Morgan fingerprint density at radius 1 is 1.08 bits per heavy atom. The van der Waals surface area contributed by atoms with Crippen LogP contribution in [0, 0.1) is 0 Å². The zero-order valence-electron chi connectivity index (χ0n) is 20.4. The lowest BCUT2D eigenvalue weighted by molar-refractivity contribution is -0.151. The number of aliphatic carboxylic acids is 1. The van der Waals surface area contributed by atoms with Crippen LogP contribution in [0.15, 0.2) is 60.7 Å². The third kappa shape index (κ3) is 6.74. The van der Waals surface area contributed by atoms with E-state index < -0.39 is 11.9 Å². The van der Waals surface area contributed by atoms with Gasteiger partial charge in [-0.1, -0.05) is 35.3 Å². The summed E-state index contributed by atoms with van der Waals surface area (Å²) in [4.78, 5) is 30.5. The molecule has 1 N–H and O–H groups in total. The first kappa shape index (κ1) is 26.8. The summed E-state index contributed by atoms with van der Waals surface area (Å²) in [5.41, 5.74) is 2.01. The average Bonchev–Trinajstić information content (AvgIpc) is 2.87. The van der Waals surface area contributed by atoms with Crippen molar-refractivity contribution >= 4 is 35.1 Å². The fraction of sp³-hybridized carbons (Fsp3) is 0.286. The molecule has 0 aliphatic carbocycles. The third-order valence-electron chi connectivity index (χ3n) is 5.81. The van der Waals surface area contributed by atoms with Crippen LogP contribution in [0.2, 0.25) is 10.0 Å². The van der Waals surface area contributed by atoms with Gasteiger partial charge in [-0.3, -0.25) is 14.4 Å². The van der Waals surface area contributed by atoms with Crippen molar-refractivity contribution in [1.82, 2.24) is 5.06 Å². The van der Waals surface area contributed by atoms with E-state index in [0.29, 0.717) is 59.4 Å². The van der Waals surface area contributed by atoms with Gasteiger partial charge in [0, 0.05) is 22.2 Å². The molecule has 0 radical (unpaired) electrons. The molecule has 0 aromatic heterocycles. The Kier molecular flexibility index (Phi) is 8.59. The summed E-state index contributed by atoms with van der Waals surface area (Å²) in [6.45, 7) is 4.40. The Balaban J connectivity index is 1.46. The highest BCUT2D eigenvalue weighted by Crippen LogP contribution is 2.41. The van der Waals surface area contributed by atoms with Gasteiger partial charge >= 0.3 is 5.97 Å². The second-order valence-corrected chi connectivity index (χ2v) is 9.76. The number of carbonyl (C=O) groups excluding carboxylic acids is 1. The zero-order valence-corrected chi connectivity index (χ0v) is 22.0. The molecule has 194 valence electrons. The molecule has 9 heteroatoms. The highest BCUT2D eigenvalue weighted by molar-refractivity contribution is 6.32. The van der Waals surface area contributed by atoms with Gasteiger partial charge in [0.1, 0.15) is 17.2 Å². The molecular weight excluding hydrogens is 517 g/mol. The summed E-state index contributed by atoms with van der Waals surface area (Å²) in [7, 11) is 0. The number of rotatable bonds is 9. The molecule has 1 aliphatic rings. The number of benzene rings is 3. The predicted octanol–water partition coefficient (Wildman–Crippen LogP) is 6.76. The largest absolute Gasteiger partial charge is 0.493 e. The molecule has 0 fully saturated rings. The van der Waals surface area contributed by atoms with Crippen LogP contribution < -0.4 is 9.47 Å². The molecule has 4 rings (SSSR count). The van der Waals surface area contributed by atoms with E-state index in [4.69, 9.17) is 37.5 Å². The summed E-state index contributed by atoms with van der Waals surface area (Å²) < 4.78 is 11.6. The molecule has 1 amide bonds. The number of ether oxygens (including phenoxy) is 2. The number of amides is 1. The molecule has 1 heterocycles. The van der Waals surface area contributed by atoms with Crippen molar-refractivity contribution < 1.29 is 29.0 Å². The van der Waals surface area contributed by atoms with Gasteiger partial charge in [-0.25, -0.2) is 5.06 Å². The van der Waals surface area contributed by atoms with Crippen LogP contribution in [-0.2, 0) is 16.1 Å². The van der Waals surface area contributed by atoms with Crippen LogP contribution in [0.4, 0.5) is 0 Å². The number of hydrogen-bond acceptors (Lipinski definition) is 5. The molecular formula is C28H27Cl2NO6. The SMILES string of the molecule is CC(C)ON(CCc1ccc(Cl)cc1)C(=O)c1ccc(Oc2cc3c(cc2Cl)C(C(=O)O)CCO3)cc1. The van der Waals surface area contributed by atoms with Crippen molar-refractivity contribution in [2.24, 2.45) is 0 Å². The number of fused-ring (bicyclic) bond motifs is 1. The quantitative estimate of drug-likeness (QED) is 0.300. The topological polar surface area (TPSA) is 85.3 Å². The van der Waals surface area contributed by atoms with Crippen LogP contribution in [-0.4, -0.2) is 41.3 Å². The second kappa shape index (κ2) is 11.9. The summed E-state index contributed by atoms with van der Waals surface area (Å²) in [6, 6.07) is 17.3. The van der Waals surface area contributed by atoms with Gasteiger partial charge in [0.05, 0.1) is 30.2 Å². The Morgan fingerprint density at radius 3 is 2.43 bits per heavy atom. The van der Waals surface area contributed by atoms with E-state index >= 15 is 0 Å². The van der Waals surface area contributed by atoms with Crippen LogP contribution in [0.1, 0.15) is 47.7 Å². The Bertz CT molecular complexity index is 1260. The predicted molar refractivity (Wildman–Crippen MR) is 141 cm³/mol. The second-order valence-electron chi connectivity index (χ2n) is 8.91. The van der Waals surface area contributed by atoms with E-state index in [1.54, 1.807) is 36.4 Å². The lowest BCUT2D eigenvalue weighted by atomic mass is 9.93. The average molecular weight is 544 g/mol. The van der Waals surface area contributed by atoms with Crippen LogP contribution >= 0.6 is 23.2 Å². The van der Waals surface area contributed by atoms with E-state index in [0.717, 1.165) is 5.56 Å². The maximum absolute atomic E-state index is 13.2. The normalized spacial score (nSPS) is 14.6. The van der Waals surface area contributed by atoms with E-state index in [1.165, 1.54) is 5.06 Å². The summed E-state index contributed by atoms with van der Waals surface area (Å²) in [5.74, 6) is -0.629. The van der Waals surface area contributed by atoms with Gasteiger partial charge in [-0.2, -0.15) is 0 Å². The summed E-state index contributed by atoms with van der Waals surface area (Å²) in [5, 5.41) is 11.8. The van der Waals surface area contributed by atoms with E-state index in [1.807, 2.05) is 38.1 Å². The number of hydroxylamine groups is 2. The molecule has 0 saturated heterocycles. The minimum atomic E-state index is -0.918. The van der Waals surface area contributed by atoms with Gasteiger partial charge in [-0.15, -0.1) is 0 Å². The first-order valence-electron chi connectivity index (χ1n) is 11.9. The van der Waals surface area contributed by atoms with Crippen molar-refractivity contribution in [3.8, 4) is 17.2 Å². The molecule has 0 saturated carbocycles. The van der Waals surface area contributed by atoms with Crippen LogP contribution in [0.3, 0.4) is 0 Å². The van der Waals surface area contributed by atoms with E-state index in [-0.39, 0.29) is 17.0 Å². The van der Waals surface area contributed by atoms with Gasteiger partial charge < -0.3 is 14.6 Å². The van der Waals surface area contributed by atoms with Gasteiger partial charge in [0.25, 0.3) is 5.91 Å². The fourth-order valence-corrected chi connectivity index (χ4v) is 4.34. The Morgan fingerprint density at radius 2 is 1.78 bits per heavy atom. The molecule has 0 spiro atoms. The minimum absolute atomic E-state index is 0.175. The number of carboxylic acids is 1. The van der Waals surface area contributed by atoms with Crippen molar-refractivity contribution in [2.75, 3.05) is 13.2 Å². The smallest absolute Gasteiger partial charge is 0.311 e. The van der Waals surface area contributed by atoms with Gasteiger partial charge in [0.15, 0.2) is 0 Å². The molecule has 37 heavy (non-hydrogen) atoms. The first-order valence-corrected chi connectivity index (χ1v) is 12.7. The summed E-state index contributed by atoms with van der Waals surface area (Å²) >= 11 is 12.3. The van der Waals surface area contributed by atoms with Crippen molar-refractivity contribution in [3.05, 3.63) is 87.4 Å². The van der Waals surface area contributed by atoms with Crippen LogP contribution in [0.25, 0.3) is 0 Å². The lowest BCUT2D eigenvalue weighted by Gasteiger charge is -2.24. The first-order chi connectivity index (χ1) is 17.7. The maximum atomic E-state index is 13.2. The molecule has 0 bridgehead atoms. The minimum Gasteiger partial charge on any atom is -0.493 e. The van der Waals surface area contributed by atoms with Crippen molar-refractivity contribution in [2.45, 2.75) is 38.7 Å². The zero-order chi connectivity index (χ0) is 26.5. The summed E-state index contributed by atoms with van der Waals surface area (Å²) in [6.07, 6.45) is 0.815. The Hall–Kier alpha value is -3.26. The Labute approximate surface area is 225 Å². The highest BCUT2D eigenvalue weighted by Gasteiger charge is 2.29. The maximum Gasteiger partial charge on any atom is 0.311 e. The van der Waals surface area contributed by atoms with E-state index in [9.17, 15) is 14.7 Å². The van der Waals surface area contributed by atoms with Crippen LogP contribution in [0.5, 0.6) is 17.2 Å². The van der Waals surface area contributed by atoms with Crippen molar-refractivity contribution in [3.63, 3.8) is 0 Å². The number of halogens is 2. The van der Waals surface area contributed by atoms with Crippen molar-refractivity contribution in [1.29, 1.82) is 0 Å². The highest BCUT2D eigenvalue weighted by atomic mass is 35.5. The number of carbonyl (C=O) groups is 2. The number of hydrogen-bond donors (Lipinski definition) is 1.